The molecule has 0 saturated heterocycles. The molecule has 2 heteroatoms. The first-order chi connectivity index (χ1) is 8.28. The van der Waals surface area contributed by atoms with E-state index < -0.39 is 0 Å². The predicted molar refractivity (Wildman–Crippen MR) is 76.7 cm³/mol. The topological polar surface area (TPSA) is 15.3 Å². The summed E-state index contributed by atoms with van der Waals surface area (Å²) in [6.45, 7) is 8.90. The number of hydrogen-bond donors (Lipinski definition) is 1. The molecule has 96 valence electrons. The summed E-state index contributed by atoms with van der Waals surface area (Å²) < 4.78 is 0. The summed E-state index contributed by atoms with van der Waals surface area (Å²) in [4.78, 5) is 2.47. The van der Waals surface area contributed by atoms with Crippen LogP contribution in [0.1, 0.15) is 45.2 Å². The molecule has 0 heterocycles. The van der Waals surface area contributed by atoms with E-state index in [1.165, 1.54) is 17.7 Å². The van der Waals surface area contributed by atoms with Gasteiger partial charge in [-0.25, -0.2) is 0 Å². The number of para-hydroxylation sites is 1. The predicted octanol–water partition coefficient (Wildman–Crippen LogP) is 3.59. The Bertz CT molecular complexity index is 318. The summed E-state index contributed by atoms with van der Waals surface area (Å²) >= 11 is 0. The zero-order chi connectivity index (χ0) is 12.7. The molecule has 1 rings (SSSR count). The minimum Gasteiger partial charge on any atom is -0.372 e. The highest BCUT2D eigenvalue weighted by atomic mass is 15.1. The first kappa shape index (κ1) is 14.0. The van der Waals surface area contributed by atoms with Gasteiger partial charge in [0.15, 0.2) is 0 Å². The van der Waals surface area contributed by atoms with E-state index >= 15 is 0 Å². The van der Waals surface area contributed by atoms with Crippen molar-refractivity contribution in [3.8, 4) is 0 Å². The van der Waals surface area contributed by atoms with Gasteiger partial charge in [-0.1, -0.05) is 32.0 Å². The monoisotopic (exact) mass is 234 g/mol. The van der Waals surface area contributed by atoms with E-state index in [0.29, 0.717) is 6.04 Å². The lowest BCUT2D eigenvalue weighted by atomic mass is 10.0. The second-order valence-corrected chi connectivity index (χ2v) is 4.39. The van der Waals surface area contributed by atoms with Gasteiger partial charge in [-0.2, -0.15) is 0 Å². The first-order valence-electron chi connectivity index (χ1n) is 6.79. The number of anilines is 1. The Labute approximate surface area is 106 Å². The van der Waals surface area contributed by atoms with Gasteiger partial charge >= 0.3 is 0 Å². The zero-order valence-electron chi connectivity index (χ0n) is 11.7. The molecule has 0 fully saturated rings. The number of benzene rings is 1. The fraction of sp³-hybridized carbons (Fsp3) is 0.600. The lowest BCUT2D eigenvalue weighted by molar-refractivity contribution is 0.574. The summed E-state index contributed by atoms with van der Waals surface area (Å²) in [7, 11) is 2.04. The maximum Gasteiger partial charge on any atom is 0.0414 e. The largest absolute Gasteiger partial charge is 0.372 e. The van der Waals surface area contributed by atoms with Crippen LogP contribution in [0.3, 0.4) is 0 Å². The molecule has 1 aromatic carbocycles. The Morgan fingerprint density at radius 2 is 1.88 bits per heavy atom. The Morgan fingerprint density at radius 1 is 1.18 bits per heavy atom. The van der Waals surface area contributed by atoms with E-state index in [9.17, 15) is 0 Å². The Balaban J connectivity index is 3.04. The summed E-state index contributed by atoms with van der Waals surface area (Å²) in [5.74, 6) is 0. The molecule has 0 bridgehead atoms. The molecule has 0 aliphatic rings. The van der Waals surface area contributed by atoms with E-state index in [-0.39, 0.29) is 0 Å². The molecule has 1 unspecified atom stereocenters. The van der Waals surface area contributed by atoms with Gasteiger partial charge in [0.2, 0.25) is 0 Å². The first-order valence-corrected chi connectivity index (χ1v) is 6.79. The van der Waals surface area contributed by atoms with Gasteiger partial charge in [0.1, 0.15) is 0 Å². The van der Waals surface area contributed by atoms with Crippen molar-refractivity contribution in [1.29, 1.82) is 0 Å². The quantitative estimate of drug-likeness (QED) is 0.775. The van der Waals surface area contributed by atoms with Crippen LogP contribution < -0.4 is 10.2 Å². The molecular weight excluding hydrogens is 208 g/mol. The molecule has 0 saturated carbocycles. The van der Waals surface area contributed by atoms with Gasteiger partial charge in [-0.15, -0.1) is 0 Å². The minimum atomic E-state index is 0.456. The maximum atomic E-state index is 3.40. The van der Waals surface area contributed by atoms with Crippen molar-refractivity contribution in [2.45, 2.75) is 39.7 Å². The Morgan fingerprint density at radius 3 is 2.41 bits per heavy atom. The van der Waals surface area contributed by atoms with E-state index in [0.717, 1.165) is 19.5 Å². The summed E-state index contributed by atoms with van der Waals surface area (Å²) in [5.41, 5.74) is 2.81. The lowest BCUT2D eigenvalue weighted by Crippen LogP contribution is -2.27. The van der Waals surface area contributed by atoms with Crippen LogP contribution in [0.2, 0.25) is 0 Å². The molecule has 1 aromatic rings. The van der Waals surface area contributed by atoms with Crippen molar-refractivity contribution >= 4 is 5.69 Å². The highest BCUT2D eigenvalue weighted by Gasteiger charge is 2.14. The second kappa shape index (κ2) is 7.33. The van der Waals surface area contributed by atoms with Crippen LogP contribution in [0.5, 0.6) is 0 Å². The van der Waals surface area contributed by atoms with E-state index in [1.807, 2.05) is 7.05 Å². The van der Waals surface area contributed by atoms with Crippen LogP contribution in [0.15, 0.2) is 24.3 Å². The summed E-state index contributed by atoms with van der Waals surface area (Å²) in [6.07, 6.45) is 2.32. The van der Waals surface area contributed by atoms with Crippen molar-refractivity contribution in [3.05, 3.63) is 29.8 Å². The summed E-state index contributed by atoms with van der Waals surface area (Å²) in [5, 5.41) is 3.40. The Hall–Kier alpha value is -1.02. The fourth-order valence-corrected chi connectivity index (χ4v) is 2.37. The molecule has 0 aromatic heterocycles. The molecule has 1 N–H and O–H groups in total. The van der Waals surface area contributed by atoms with Gasteiger partial charge in [0.25, 0.3) is 0 Å². The highest BCUT2D eigenvalue weighted by molar-refractivity contribution is 5.55. The maximum absolute atomic E-state index is 3.40. The SMILES string of the molecule is CCCN(CC)c1ccccc1C(CC)NC. The van der Waals surface area contributed by atoms with Gasteiger partial charge in [0.05, 0.1) is 0 Å². The lowest BCUT2D eigenvalue weighted by Gasteiger charge is -2.28. The molecule has 1 atom stereocenters. The van der Waals surface area contributed by atoms with Crippen LogP contribution in [-0.4, -0.2) is 20.1 Å². The van der Waals surface area contributed by atoms with Crippen molar-refractivity contribution in [2.24, 2.45) is 0 Å². The molecule has 0 spiro atoms. The van der Waals surface area contributed by atoms with Gasteiger partial charge in [-0.05, 0) is 38.4 Å². The van der Waals surface area contributed by atoms with Crippen LogP contribution in [0, 0.1) is 0 Å². The summed E-state index contributed by atoms with van der Waals surface area (Å²) in [6, 6.07) is 9.22. The normalized spacial score (nSPS) is 12.5. The molecule has 0 amide bonds. The van der Waals surface area contributed by atoms with Crippen LogP contribution in [0.4, 0.5) is 5.69 Å². The number of nitrogens with zero attached hydrogens (tertiary/aromatic N) is 1. The molecule has 0 radical (unpaired) electrons. The third-order valence-electron chi connectivity index (χ3n) is 3.28. The average Bonchev–Trinajstić information content (AvgIpc) is 2.38. The standard InChI is InChI=1S/C15H26N2/c1-5-12-17(7-3)15-11-9-8-10-13(15)14(6-2)16-4/h8-11,14,16H,5-7,12H2,1-4H3. The van der Waals surface area contributed by atoms with Crippen molar-refractivity contribution in [1.82, 2.24) is 5.32 Å². The third kappa shape index (κ3) is 3.47. The van der Waals surface area contributed by atoms with Crippen LogP contribution in [0.25, 0.3) is 0 Å². The number of rotatable bonds is 7. The Kier molecular flexibility index (Phi) is 6.06. The highest BCUT2D eigenvalue weighted by Crippen LogP contribution is 2.28. The third-order valence-corrected chi connectivity index (χ3v) is 3.28. The zero-order valence-corrected chi connectivity index (χ0v) is 11.7. The van der Waals surface area contributed by atoms with E-state index in [1.54, 1.807) is 0 Å². The molecule has 2 nitrogen and oxygen atoms in total. The number of nitrogens with one attached hydrogen (secondary N) is 1. The molecule has 0 aliphatic carbocycles. The van der Waals surface area contributed by atoms with Gasteiger partial charge in [-0.3, -0.25) is 0 Å². The molecular formula is C15H26N2. The van der Waals surface area contributed by atoms with Crippen LogP contribution >= 0.6 is 0 Å². The fourth-order valence-electron chi connectivity index (χ4n) is 2.37. The van der Waals surface area contributed by atoms with Crippen LogP contribution in [-0.2, 0) is 0 Å². The molecule has 0 aliphatic heterocycles. The van der Waals surface area contributed by atoms with Crippen molar-refractivity contribution < 1.29 is 0 Å². The molecule has 17 heavy (non-hydrogen) atoms. The van der Waals surface area contributed by atoms with Crippen molar-refractivity contribution in [3.63, 3.8) is 0 Å². The van der Waals surface area contributed by atoms with Gasteiger partial charge in [0, 0.05) is 24.8 Å². The van der Waals surface area contributed by atoms with Crippen molar-refractivity contribution in [2.75, 3.05) is 25.0 Å². The van der Waals surface area contributed by atoms with Gasteiger partial charge < -0.3 is 10.2 Å². The number of hydrogen-bond acceptors (Lipinski definition) is 2. The second-order valence-electron chi connectivity index (χ2n) is 4.39. The average molecular weight is 234 g/mol. The van der Waals surface area contributed by atoms with E-state index in [4.69, 9.17) is 0 Å². The van der Waals surface area contributed by atoms with E-state index in [2.05, 4.69) is 55.3 Å². The minimum absolute atomic E-state index is 0.456. The smallest absolute Gasteiger partial charge is 0.0414 e.